The topological polar surface area (TPSA) is 76.5 Å². The molecule has 2 amide bonds. The Kier molecular flexibility index (Phi) is 4.01. The van der Waals surface area contributed by atoms with E-state index in [0.29, 0.717) is 38.3 Å². The van der Waals surface area contributed by atoms with Crippen LogP contribution in [0.5, 0.6) is 0 Å². The van der Waals surface area contributed by atoms with Crippen molar-refractivity contribution in [2.45, 2.75) is 32.2 Å². The first-order chi connectivity index (χ1) is 12.2. The molecule has 7 heteroatoms. The van der Waals surface area contributed by atoms with E-state index in [4.69, 9.17) is 4.74 Å². The SMILES string of the molecule is CNC(=O)C[C@H]1CN(C(=O)c2ccc3c(c2)COC3)Cc2ccnn21. The van der Waals surface area contributed by atoms with E-state index in [1.54, 1.807) is 18.1 Å². The lowest BCUT2D eigenvalue weighted by Crippen LogP contribution is -2.42. The predicted molar refractivity (Wildman–Crippen MR) is 89.6 cm³/mol. The number of hydrogen-bond acceptors (Lipinski definition) is 4. The van der Waals surface area contributed by atoms with Crippen molar-refractivity contribution in [1.29, 1.82) is 0 Å². The van der Waals surface area contributed by atoms with Crippen molar-refractivity contribution in [1.82, 2.24) is 20.0 Å². The monoisotopic (exact) mass is 340 g/mol. The molecule has 0 unspecified atom stereocenters. The minimum absolute atomic E-state index is 0.0240. The van der Waals surface area contributed by atoms with Crippen molar-refractivity contribution in [2.24, 2.45) is 0 Å². The highest BCUT2D eigenvalue weighted by Crippen LogP contribution is 2.26. The van der Waals surface area contributed by atoms with Crippen molar-refractivity contribution in [3.63, 3.8) is 0 Å². The fourth-order valence-electron chi connectivity index (χ4n) is 3.50. The zero-order valence-corrected chi connectivity index (χ0v) is 14.1. The third-order valence-electron chi connectivity index (χ3n) is 4.84. The molecule has 0 saturated heterocycles. The normalized spacial score (nSPS) is 18.6. The van der Waals surface area contributed by atoms with Crippen LogP contribution in [0, 0.1) is 0 Å². The Morgan fingerprint density at radius 2 is 2.12 bits per heavy atom. The van der Waals surface area contributed by atoms with Crippen molar-refractivity contribution in [3.05, 3.63) is 52.8 Å². The lowest BCUT2D eigenvalue weighted by molar-refractivity contribution is -0.121. The molecule has 1 aromatic heterocycles. The van der Waals surface area contributed by atoms with Gasteiger partial charge in [0, 0.05) is 25.4 Å². The molecule has 0 bridgehead atoms. The number of carbonyl (C=O) groups is 2. The van der Waals surface area contributed by atoms with Crippen molar-refractivity contribution in [3.8, 4) is 0 Å². The fraction of sp³-hybridized carbons (Fsp3) is 0.389. The predicted octanol–water partition coefficient (Wildman–Crippen LogP) is 1.25. The number of carbonyl (C=O) groups excluding carboxylic acids is 2. The summed E-state index contributed by atoms with van der Waals surface area (Å²) in [7, 11) is 1.62. The van der Waals surface area contributed by atoms with E-state index < -0.39 is 0 Å². The average molecular weight is 340 g/mol. The number of ether oxygens (including phenoxy) is 1. The first-order valence-corrected chi connectivity index (χ1v) is 8.37. The smallest absolute Gasteiger partial charge is 0.254 e. The molecule has 1 N–H and O–H groups in total. The molecule has 130 valence electrons. The van der Waals surface area contributed by atoms with Gasteiger partial charge >= 0.3 is 0 Å². The molecule has 4 rings (SSSR count). The summed E-state index contributed by atoms with van der Waals surface area (Å²) in [6.45, 7) is 2.13. The summed E-state index contributed by atoms with van der Waals surface area (Å²) < 4.78 is 7.28. The lowest BCUT2D eigenvalue weighted by Gasteiger charge is -2.33. The molecule has 0 radical (unpaired) electrons. The molecule has 0 saturated carbocycles. The number of benzene rings is 1. The number of aromatic nitrogens is 2. The van der Waals surface area contributed by atoms with Gasteiger partial charge in [-0.3, -0.25) is 14.3 Å². The average Bonchev–Trinajstić information content (AvgIpc) is 3.29. The molecule has 25 heavy (non-hydrogen) atoms. The van der Waals surface area contributed by atoms with Crippen LogP contribution in [0.2, 0.25) is 0 Å². The summed E-state index contributed by atoms with van der Waals surface area (Å²) in [6, 6.07) is 7.48. The molecule has 7 nitrogen and oxygen atoms in total. The highest BCUT2D eigenvalue weighted by atomic mass is 16.5. The second kappa shape index (κ2) is 6.33. The third kappa shape index (κ3) is 2.91. The van der Waals surface area contributed by atoms with Gasteiger partial charge in [-0.2, -0.15) is 5.10 Å². The quantitative estimate of drug-likeness (QED) is 0.912. The second-order valence-corrected chi connectivity index (χ2v) is 6.46. The fourth-order valence-corrected chi connectivity index (χ4v) is 3.50. The van der Waals surface area contributed by atoms with Gasteiger partial charge in [0.25, 0.3) is 5.91 Å². The summed E-state index contributed by atoms with van der Waals surface area (Å²) in [6.07, 6.45) is 2.01. The van der Waals surface area contributed by atoms with Gasteiger partial charge in [0.15, 0.2) is 0 Å². The molecule has 0 spiro atoms. The molecule has 2 aliphatic heterocycles. The van der Waals surface area contributed by atoms with Gasteiger partial charge in [-0.1, -0.05) is 6.07 Å². The summed E-state index contributed by atoms with van der Waals surface area (Å²) in [5, 5.41) is 6.96. The number of nitrogens with one attached hydrogen (secondary N) is 1. The number of rotatable bonds is 3. The Hall–Kier alpha value is -2.67. The van der Waals surface area contributed by atoms with Crippen LogP contribution < -0.4 is 5.32 Å². The number of hydrogen-bond donors (Lipinski definition) is 1. The van der Waals surface area contributed by atoms with Crippen molar-refractivity contribution in [2.75, 3.05) is 13.6 Å². The van der Waals surface area contributed by atoms with Gasteiger partial charge < -0.3 is 15.0 Å². The Labute approximate surface area is 145 Å². The van der Waals surface area contributed by atoms with Crippen LogP contribution in [0.1, 0.15) is 39.6 Å². The summed E-state index contributed by atoms with van der Waals surface area (Å²) in [5.41, 5.74) is 3.83. The first-order valence-electron chi connectivity index (χ1n) is 8.37. The molecule has 1 aromatic carbocycles. The van der Waals surface area contributed by atoms with E-state index in [9.17, 15) is 9.59 Å². The van der Waals surface area contributed by atoms with E-state index in [1.807, 2.05) is 28.9 Å². The third-order valence-corrected chi connectivity index (χ3v) is 4.84. The lowest BCUT2D eigenvalue weighted by atomic mass is 10.0. The number of fused-ring (bicyclic) bond motifs is 2. The van der Waals surface area contributed by atoms with Crippen molar-refractivity contribution < 1.29 is 14.3 Å². The zero-order chi connectivity index (χ0) is 17.4. The highest BCUT2D eigenvalue weighted by molar-refractivity contribution is 5.94. The van der Waals surface area contributed by atoms with Gasteiger partial charge in [0.1, 0.15) is 0 Å². The molecule has 0 fully saturated rings. The Bertz CT molecular complexity index is 829. The van der Waals surface area contributed by atoms with E-state index in [1.165, 1.54) is 0 Å². The number of nitrogens with zero attached hydrogens (tertiary/aromatic N) is 3. The summed E-state index contributed by atoms with van der Waals surface area (Å²) in [5.74, 6) is -0.0838. The minimum Gasteiger partial charge on any atom is -0.372 e. The van der Waals surface area contributed by atoms with Crippen LogP contribution in [0.4, 0.5) is 0 Å². The Balaban J connectivity index is 1.58. The molecule has 2 aliphatic rings. The van der Waals surface area contributed by atoms with Gasteiger partial charge in [0.2, 0.25) is 5.91 Å². The molecule has 2 aromatic rings. The van der Waals surface area contributed by atoms with E-state index in [2.05, 4.69) is 10.4 Å². The Morgan fingerprint density at radius 1 is 1.28 bits per heavy atom. The van der Waals surface area contributed by atoms with Crippen LogP contribution in [-0.2, 0) is 29.3 Å². The van der Waals surface area contributed by atoms with Crippen LogP contribution in [-0.4, -0.2) is 40.1 Å². The maximum atomic E-state index is 13.0. The van der Waals surface area contributed by atoms with E-state index in [-0.39, 0.29) is 17.9 Å². The van der Waals surface area contributed by atoms with Crippen LogP contribution >= 0.6 is 0 Å². The minimum atomic E-state index is -0.152. The molecule has 0 aliphatic carbocycles. The number of amides is 2. The van der Waals surface area contributed by atoms with Crippen LogP contribution in [0.3, 0.4) is 0 Å². The molecular weight excluding hydrogens is 320 g/mol. The van der Waals surface area contributed by atoms with Gasteiger partial charge in [0.05, 0.1) is 37.9 Å². The maximum Gasteiger partial charge on any atom is 0.254 e. The highest BCUT2D eigenvalue weighted by Gasteiger charge is 2.30. The zero-order valence-electron chi connectivity index (χ0n) is 14.1. The standard InChI is InChI=1S/C18H20N4O3/c1-19-17(23)7-16-9-21(8-15-4-5-20-22(15)16)18(24)12-2-3-13-10-25-11-14(13)6-12/h2-6,16H,7-11H2,1H3,(H,19,23)/t16-/m0/s1. The van der Waals surface area contributed by atoms with Crippen molar-refractivity contribution >= 4 is 11.8 Å². The second-order valence-electron chi connectivity index (χ2n) is 6.46. The van der Waals surface area contributed by atoms with Gasteiger partial charge in [-0.05, 0) is 29.3 Å². The van der Waals surface area contributed by atoms with E-state index >= 15 is 0 Å². The molecule has 1 atom stereocenters. The summed E-state index contributed by atoms with van der Waals surface area (Å²) in [4.78, 5) is 26.6. The van der Waals surface area contributed by atoms with Crippen LogP contribution in [0.25, 0.3) is 0 Å². The van der Waals surface area contributed by atoms with Gasteiger partial charge in [-0.25, -0.2) is 0 Å². The van der Waals surface area contributed by atoms with Crippen LogP contribution in [0.15, 0.2) is 30.5 Å². The summed E-state index contributed by atoms with van der Waals surface area (Å²) >= 11 is 0. The largest absolute Gasteiger partial charge is 0.372 e. The van der Waals surface area contributed by atoms with Gasteiger partial charge in [-0.15, -0.1) is 0 Å². The first kappa shape index (κ1) is 15.8. The Morgan fingerprint density at radius 3 is 2.96 bits per heavy atom. The molecular formula is C18H20N4O3. The maximum absolute atomic E-state index is 13.0. The molecule has 3 heterocycles. The van der Waals surface area contributed by atoms with E-state index in [0.717, 1.165) is 16.8 Å².